The molecular weight excluding hydrogens is 439 g/mol. The van der Waals surface area contributed by atoms with Crippen LogP contribution < -0.4 is 4.74 Å². The van der Waals surface area contributed by atoms with Gasteiger partial charge in [-0.1, -0.05) is 71.0 Å². The van der Waals surface area contributed by atoms with Crippen LogP contribution in [0, 0.1) is 5.82 Å². The van der Waals surface area contributed by atoms with Crippen LogP contribution in [0.3, 0.4) is 0 Å². The molecule has 0 radical (unpaired) electrons. The second kappa shape index (κ2) is 9.07. The first kappa shape index (κ1) is 25.4. The van der Waals surface area contributed by atoms with Crippen LogP contribution >= 0.6 is 0 Å². The number of halogens is 1. The standard InChI is InChI=1S/C31H37FO3/c1-18(2)23-16-25-28(24(33)17-31(6,7)35-25)26(19-10-14-22(32)15-11-19)27(23)29(34)20-8-12-21(13-9-20)30(3,4)5/h8-16,18,24,29,33-34H,17H2,1-7H3/t24-,29+/m0/s1. The molecular formula is C31H37FO3. The quantitative estimate of drug-likeness (QED) is 0.408. The van der Waals surface area contributed by atoms with Crippen molar-refractivity contribution in [3.8, 4) is 16.9 Å². The first-order valence-corrected chi connectivity index (χ1v) is 12.4. The van der Waals surface area contributed by atoms with E-state index in [0.29, 0.717) is 17.7 Å². The first-order chi connectivity index (χ1) is 16.3. The molecule has 0 bridgehead atoms. The molecule has 1 aliphatic rings. The van der Waals surface area contributed by atoms with Crippen LogP contribution in [0.4, 0.5) is 4.39 Å². The Labute approximate surface area is 208 Å². The van der Waals surface area contributed by atoms with Crippen molar-refractivity contribution in [2.45, 2.75) is 84.0 Å². The summed E-state index contributed by atoms with van der Waals surface area (Å²) in [5.74, 6) is 0.375. The van der Waals surface area contributed by atoms with Crippen molar-refractivity contribution in [1.82, 2.24) is 0 Å². The molecule has 0 amide bonds. The van der Waals surface area contributed by atoms with Gasteiger partial charge in [0.1, 0.15) is 23.3 Å². The van der Waals surface area contributed by atoms with E-state index in [-0.39, 0.29) is 17.2 Å². The minimum Gasteiger partial charge on any atom is -0.487 e. The lowest BCUT2D eigenvalue weighted by molar-refractivity contribution is 0.0117. The fourth-order valence-corrected chi connectivity index (χ4v) is 5.06. The summed E-state index contributed by atoms with van der Waals surface area (Å²) >= 11 is 0. The van der Waals surface area contributed by atoms with E-state index < -0.39 is 17.8 Å². The van der Waals surface area contributed by atoms with Crippen LogP contribution in [-0.4, -0.2) is 15.8 Å². The minimum absolute atomic E-state index is 0.00587. The maximum atomic E-state index is 13.9. The van der Waals surface area contributed by atoms with Gasteiger partial charge in [0.2, 0.25) is 0 Å². The lowest BCUT2D eigenvalue weighted by atomic mass is 9.78. The van der Waals surface area contributed by atoms with Gasteiger partial charge in [-0.3, -0.25) is 0 Å². The average Bonchev–Trinajstić information content (AvgIpc) is 2.76. The van der Waals surface area contributed by atoms with Gasteiger partial charge < -0.3 is 14.9 Å². The van der Waals surface area contributed by atoms with Crippen LogP contribution in [0.1, 0.15) is 101 Å². The smallest absolute Gasteiger partial charge is 0.126 e. The molecule has 1 aliphatic heterocycles. The van der Waals surface area contributed by atoms with Crippen LogP contribution in [0.25, 0.3) is 11.1 Å². The highest BCUT2D eigenvalue weighted by molar-refractivity contribution is 5.78. The summed E-state index contributed by atoms with van der Waals surface area (Å²) in [5.41, 5.74) is 5.24. The molecule has 35 heavy (non-hydrogen) atoms. The average molecular weight is 477 g/mol. The lowest BCUT2D eigenvalue weighted by Crippen LogP contribution is -2.35. The van der Waals surface area contributed by atoms with Gasteiger partial charge >= 0.3 is 0 Å². The number of ether oxygens (including phenoxy) is 1. The summed E-state index contributed by atoms with van der Waals surface area (Å²) in [5, 5.41) is 23.1. The van der Waals surface area contributed by atoms with E-state index in [4.69, 9.17) is 4.74 Å². The summed E-state index contributed by atoms with van der Waals surface area (Å²) in [4.78, 5) is 0. The maximum absolute atomic E-state index is 13.9. The second-order valence-electron chi connectivity index (χ2n) is 11.7. The third-order valence-electron chi connectivity index (χ3n) is 6.93. The van der Waals surface area contributed by atoms with Gasteiger partial charge in [0.25, 0.3) is 0 Å². The molecule has 186 valence electrons. The molecule has 0 saturated carbocycles. The van der Waals surface area contributed by atoms with Crippen molar-refractivity contribution >= 4 is 0 Å². The van der Waals surface area contributed by atoms with Crippen LogP contribution in [0.15, 0.2) is 54.6 Å². The molecule has 3 nitrogen and oxygen atoms in total. The minimum atomic E-state index is -0.922. The number of rotatable bonds is 4. The molecule has 0 saturated heterocycles. The van der Waals surface area contributed by atoms with Crippen molar-refractivity contribution in [2.24, 2.45) is 0 Å². The topological polar surface area (TPSA) is 49.7 Å². The molecule has 1 heterocycles. The van der Waals surface area contributed by atoms with Crippen molar-refractivity contribution in [1.29, 1.82) is 0 Å². The summed E-state index contributed by atoms with van der Waals surface area (Å²) < 4.78 is 20.2. The highest BCUT2D eigenvalue weighted by Gasteiger charge is 2.38. The van der Waals surface area contributed by atoms with Gasteiger partial charge in [-0.2, -0.15) is 0 Å². The third kappa shape index (κ3) is 5.00. The van der Waals surface area contributed by atoms with Crippen molar-refractivity contribution < 1.29 is 19.3 Å². The number of hydrogen-bond acceptors (Lipinski definition) is 3. The van der Waals surface area contributed by atoms with Gasteiger partial charge in [-0.25, -0.2) is 4.39 Å². The van der Waals surface area contributed by atoms with E-state index in [1.165, 1.54) is 17.7 Å². The monoisotopic (exact) mass is 476 g/mol. The molecule has 0 fully saturated rings. The Kier molecular flexibility index (Phi) is 6.58. The molecule has 3 aromatic rings. The van der Waals surface area contributed by atoms with E-state index in [2.05, 4.69) is 46.8 Å². The Morgan fingerprint density at radius 1 is 1.00 bits per heavy atom. The Morgan fingerprint density at radius 3 is 2.14 bits per heavy atom. The Hall–Kier alpha value is -2.69. The first-order valence-electron chi connectivity index (χ1n) is 12.4. The van der Waals surface area contributed by atoms with Crippen LogP contribution in [-0.2, 0) is 5.41 Å². The second-order valence-corrected chi connectivity index (χ2v) is 11.7. The van der Waals surface area contributed by atoms with Gasteiger partial charge in [0.15, 0.2) is 0 Å². The van der Waals surface area contributed by atoms with E-state index in [1.54, 1.807) is 12.1 Å². The van der Waals surface area contributed by atoms with Gasteiger partial charge in [0, 0.05) is 12.0 Å². The highest BCUT2D eigenvalue weighted by Crippen LogP contribution is 2.50. The molecule has 2 N–H and O–H groups in total. The number of aliphatic hydroxyl groups excluding tert-OH is 2. The summed E-state index contributed by atoms with van der Waals surface area (Å²) in [6, 6.07) is 16.3. The zero-order chi connectivity index (χ0) is 25.7. The molecule has 0 spiro atoms. The normalized spacial score (nSPS) is 18.2. The molecule has 4 heteroatoms. The molecule has 0 aliphatic carbocycles. The van der Waals surface area contributed by atoms with Crippen molar-refractivity contribution in [3.63, 3.8) is 0 Å². The van der Waals surface area contributed by atoms with E-state index in [9.17, 15) is 14.6 Å². The zero-order valence-electron chi connectivity index (χ0n) is 21.8. The molecule has 2 atom stereocenters. The van der Waals surface area contributed by atoms with E-state index in [1.807, 2.05) is 32.0 Å². The maximum Gasteiger partial charge on any atom is 0.126 e. The Balaban J connectivity index is 2.00. The number of hydrogen-bond donors (Lipinski definition) is 2. The zero-order valence-corrected chi connectivity index (χ0v) is 21.8. The number of aliphatic hydroxyl groups is 2. The van der Waals surface area contributed by atoms with Crippen molar-refractivity contribution in [2.75, 3.05) is 0 Å². The summed E-state index contributed by atoms with van der Waals surface area (Å²) in [7, 11) is 0. The molecule has 4 rings (SSSR count). The molecule has 0 unspecified atom stereocenters. The highest BCUT2D eigenvalue weighted by atomic mass is 19.1. The number of fused-ring (bicyclic) bond motifs is 1. The predicted octanol–water partition coefficient (Wildman–Crippen LogP) is 7.59. The van der Waals surface area contributed by atoms with Crippen LogP contribution in [0.5, 0.6) is 5.75 Å². The van der Waals surface area contributed by atoms with Gasteiger partial charge in [-0.05, 0) is 76.8 Å². The fraction of sp³-hybridized carbons (Fsp3) is 0.419. The Morgan fingerprint density at radius 2 is 1.60 bits per heavy atom. The van der Waals surface area contributed by atoms with E-state index in [0.717, 1.165) is 27.8 Å². The number of benzene rings is 3. The summed E-state index contributed by atoms with van der Waals surface area (Å²) in [6.07, 6.45) is -1.27. The fourth-order valence-electron chi connectivity index (χ4n) is 5.06. The van der Waals surface area contributed by atoms with Gasteiger partial charge in [0.05, 0.1) is 6.10 Å². The summed E-state index contributed by atoms with van der Waals surface area (Å²) in [6.45, 7) is 14.6. The lowest BCUT2D eigenvalue weighted by Gasteiger charge is -2.38. The molecule has 0 aromatic heterocycles. The SMILES string of the molecule is CC(C)c1cc2c(c(-c3ccc(F)cc3)c1[C@H](O)c1ccc(C(C)(C)C)cc1)[C@@H](O)CC(C)(C)O2. The predicted molar refractivity (Wildman–Crippen MR) is 139 cm³/mol. The largest absolute Gasteiger partial charge is 0.487 e. The van der Waals surface area contributed by atoms with Crippen LogP contribution in [0.2, 0.25) is 0 Å². The van der Waals surface area contributed by atoms with E-state index >= 15 is 0 Å². The Bertz CT molecular complexity index is 1200. The van der Waals surface area contributed by atoms with Gasteiger partial charge in [-0.15, -0.1) is 0 Å². The molecule has 3 aromatic carbocycles. The van der Waals surface area contributed by atoms with Crippen molar-refractivity contribution in [3.05, 3.63) is 88.2 Å². The third-order valence-corrected chi connectivity index (χ3v) is 6.93.